The summed E-state index contributed by atoms with van der Waals surface area (Å²) in [7, 11) is -3.53. The van der Waals surface area contributed by atoms with Gasteiger partial charge in [-0.25, -0.2) is 13.1 Å². The van der Waals surface area contributed by atoms with E-state index < -0.39 is 10.0 Å². The maximum atomic E-state index is 12.1. The Morgan fingerprint density at radius 2 is 2.22 bits per heavy atom. The second kappa shape index (κ2) is 5.21. The van der Waals surface area contributed by atoms with Crippen molar-refractivity contribution in [1.82, 2.24) is 9.88 Å². The number of thiophene rings is 1. The lowest BCUT2D eigenvalue weighted by molar-refractivity contribution is 0.390. The first-order valence-corrected chi connectivity index (χ1v) is 7.82. The van der Waals surface area contributed by atoms with Crippen LogP contribution in [-0.4, -0.2) is 20.1 Å². The van der Waals surface area contributed by atoms with Crippen molar-refractivity contribution in [2.45, 2.75) is 25.2 Å². The molecule has 7 heteroatoms. The quantitative estimate of drug-likeness (QED) is 0.911. The molecule has 2 heterocycles. The van der Waals surface area contributed by atoms with Crippen molar-refractivity contribution in [3.8, 4) is 0 Å². The van der Waals surface area contributed by atoms with E-state index in [-0.39, 0.29) is 4.90 Å². The molecule has 0 spiro atoms. The highest BCUT2D eigenvalue weighted by Gasteiger charge is 2.23. The molecule has 5 nitrogen and oxygen atoms in total. The van der Waals surface area contributed by atoms with Gasteiger partial charge in [0.15, 0.2) is 5.76 Å². The van der Waals surface area contributed by atoms with Gasteiger partial charge in [-0.3, -0.25) is 0 Å². The Morgan fingerprint density at radius 3 is 2.78 bits per heavy atom. The topological polar surface area (TPSA) is 72.2 Å². The van der Waals surface area contributed by atoms with E-state index in [0.29, 0.717) is 24.4 Å². The minimum absolute atomic E-state index is 0.147. The van der Waals surface area contributed by atoms with Gasteiger partial charge in [-0.05, 0) is 31.7 Å². The predicted molar refractivity (Wildman–Crippen MR) is 69.2 cm³/mol. The first-order valence-electron chi connectivity index (χ1n) is 5.45. The fourth-order valence-corrected chi connectivity index (χ4v) is 3.76. The molecule has 0 aliphatic carbocycles. The van der Waals surface area contributed by atoms with Crippen molar-refractivity contribution in [1.29, 1.82) is 0 Å². The number of aryl methyl sites for hydroxylation is 2. The van der Waals surface area contributed by atoms with Gasteiger partial charge in [0.2, 0.25) is 10.0 Å². The van der Waals surface area contributed by atoms with E-state index in [0.717, 1.165) is 4.88 Å². The lowest BCUT2D eigenvalue weighted by Crippen LogP contribution is -2.26. The Balaban J connectivity index is 2.04. The summed E-state index contributed by atoms with van der Waals surface area (Å²) >= 11 is 1.61. The molecule has 0 bridgehead atoms. The molecule has 2 aromatic rings. The molecule has 0 saturated carbocycles. The molecular weight excluding hydrogens is 272 g/mol. The monoisotopic (exact) mass is 286 g/mol. The fourth-order valence-electron chi connectivity index (χ4n) is 1.69. The standard InChI is InChI=1S/C11H14N2O3S2/c1-8-11(9(2)16-13-8)18(14,15)12-6-5-10-4-3-7-17-10/h3-4,7,12H,5-6H2,1-2H3. The summed E-state index contributed by atoms with van der Waals surface area (Å²) in [6.45, 7) is 3.57. The number of hydrogen-bond donors (Lipinski definition) is 1. The zero-order valence-electron chi connectivity index (χ0n) is 10.1. The van der Waals surface area contributed by atoms with Crippen LogP contribution >= 0.6 is 11.3 Å². The van der Waals surface area contributed by atoms with E-state index in [2.05, 4.69) is 9.88 Å². The molecule has 0 aliphatic rings. The van der Waals surface area contributed by atoms with Crippen molar-refractivity contribution >= 4 is 21.4 Å². The van der Waals surface area contributed by atoms with E-state index in [9.17, 15) is 8.42 Å². The van der Waals surface area contributed by atoms with Crippen LogP contribution in [0.5, 0.6) is 0 Å². The van der Waals surface area contributed by atoms with Crippen molar-refractivity contribution in [2.75, 3.05) is 6.54 Å². The van der Waals surface area contributed by atoms with Gasteiger partial charge < -0.3 is 4.52 Å². The highest BCUT2D eigenvalue weighted by molar-refractivity contribution is 7.89. The molecule has 0 aliphatic heterocycles. The Labute approximate surface area is 110 Å². The summed E-state index contributed by atoms with van der Waals surface area (Å²) in [4.78, 5) is 1.30. The Hall–Kier alpha value is -1.18. The third kappa shape index (κ3) is 2.80. The van der Waals surface area contributed by atoms with Gasteiger partial charge in [-0.15, -0.1) is 11.3 Å². The lowest BCUT2D eigenvalue weighted by atomic mass is 10.3. The van der Waals surface area contributed by atoms with Crippen molar-refractivity contribution in [3.05, 3.63) is 33.8 Å². The van der Waals surface area contributed by atoms with Crippen LogP contribution in [0, 0.1) is 13.8 Å². The normalized spacial score (nSPS) is 11.9. The van der Waals surface area contributed by atoms with Gasteiger partial charge in [0.05, 0.1) is 0 Å². The smallest absolute Gasteiger partial charge is 0.245 e. The molecule has 0 saturated heterocycles. The van der Waals surface area contributed by atoms with Gasteiger partial charge in [-0.1, -0.05) is 11.2 Å². The molecule has 1 N–H and O–H groups in total. The highest BCUT2D eigenvalue weighted by atomic mass is 32.2. The van der Waals surface area contributed by atoms with Crippen LogP contribution in [0.15, 0.2) is 26.9 Å². The minimum atomic E-state index is -3.53. The van der Waals surface area contributed by atoms with Gasteiger partial charge in [0.25, 0.3) is 0 Å². The number of sulfonamides is 1. The van der Waals surface area contributed by atoms with E-state index in [1.54, 1.807) is 25.2 Å². The Bertz CT molecular complexity index is 595. The number of nitrogens with one attached hydrogen (secondary N) is 1. The maximum Gasteiger partial charge on any atom is 0.245 e. The fraction of sp³-hybridized carbons (Fsp3) is 0.364. The van der Waals surface area contributed by atoms with Crippen LogP contribution in [0.4, 0.5) is 0 Å². The largest absolute Gasteiger partial charge is 0.360 e. The van der Waals surface area contributed by atoms with Crippen molar-refractivity contribution < 1.29 is 12.9 Å². The molecule has 0 amide bonds. The molecule has 0 atom stereocenters. The molecule has 0 unspecified atom stereocenters. The molecule has 98 valence electrons. The predicted octanol–water partition coefficient (Wildman–Crippen LogP) is 1.87. The van der Waals surface area contributed by atoms with E-state index in [1.807, 2.05) is 17.5 Å². The van der Waals surface area contributed by atoms with Crippen LogP contribution < -0.4 is 4.72 Å². The zero-order chi connectivity index (χ0) is 13.2. The molecule has 2 rings (SSSR count). The number of nitrogens with zero attached hydrogens (tertiary/aromatic N) is 1. The van der Waals surface area contributed by atoms with Crippen LogP contribution in [0.2, 0.25) is 0 Å². The van der Waals surface area contributed by atoms with E-state index in [1.165, 1.54) is 0 Å². The average Bonchev–Trinajstić information content (AvgIpc) is 2.89. The van der Waals surface area contributed by atoms with Crippen LogP contribution in [-0.2, 0) is 16.4 Å². The average molecular weight is 286 g/mol. The first-order chi connectivity index (χ1) is 8.50. The summed E-state index contributed by atoms with van der Waals surface area (Å²) in [6, 6.07) is 3.93. The molecule has 2 aromatic heterocycles. The second-order valence-electron chi connectivity index (χ2n) is 3.88. The number of hydrogen-bond acceptors (Lipinski definition) is 5. The van der Waals surface area contributed by atoms with Gasteiger partial charge in [-0.2, -0.15) is 0 Å². The first kappa shape index (κ1) is 13.3. The Morgan fingerprint density at radius 1 is 1.44 bits per heavy atom. The Kier molecular flexibility index (Phi) is 3.84. The third-order valence-corrected chi connectivity index (χ3v) is 5.12. The summed E-state index contributed by atoms with van der Waals surface area (Å²) < 4.78 is 31.5. The molecule has 0 radical (unpaired) electrons. The summed E-state index contributed by atoms with van der Waals surface area (Å²) in [5.74, 6) is 0.316. The van der Waals surface area contributed by atoms with E-state index in [4.69, 9.17) is 4.52 Å². The zero-order valence-corrected chi connectivity index (χ0v) is 11.8. The minimum Gasteiger partial charge on any atom is -0.360 e. The maximum absolute atomic E-state index is 12.1. The van der Waals surface area contributed by atoms with Crippen LogP contribution in [0.1, 0.15) is 16.3 Å². The van der Waals surface area contributed by atoms with Crippen molar-refractivity contribution in [2.24, 2.45) is 0 Å². The van der Waals surface area contributed by atoms with Crippen LogP contribution in [0.25, 0.3) is 0 Å². The lowest BCUT2D eigenvalue weighted by Gasteiger charge is -2.05. The van der Waals surface area contributed by atoms with Gasteiger partial charge >= 0.3 is 0 Å². The second-order valence-corrected chi connectivity index (χ2v) is 6.62. The summed E-state index contributed by atoms with van der Waals surface area (Å²) in [5, 5.41) is 5.62. The summed E-state index contributed by atoms with van der Waals surface area (Å²) in [6.07, 6.45) is 0.681. The van der Waals surface area contributed by atoms with E-state index >= 15 is 0 Å². The van der Waals surface area contributed by atoms with Crippen LogP contribution in [0.3, 0.4) is 0 Å². The molecule has 0 aromatic carbocycles. The highest BCUT2D eigenvalue weighted by Crippen LogP contribution is 2.18. The molecular formula is C11H14N2O3S2. The number of aromatic nitrogens is 1. The third-order valence-electron chi connectivity index (χ3n) is 2.48. The SMILES string of the molecule is Cc1noc(C)c1S(=O)(=O)NCCc1cccs1. The summed E-state index contributed by atoms with van der Waals surface area (Å²) in [5.41, 5.74) is 0.385. The molecule has 0 fully saturated rings. The van der Waals surface area contributed by atoms with Gasteiger partial charge in [0, 0.05) is 11.4 Å². The van der Waals surface area contributed by atoms with Gasteiger partial charge in [0.1, 0.15) is 10.6 Å². The van der Waals surface area contributed by atoms with Crippen molar-refractivity contribution in [3.63, 3.8) is 0 Å². The molecule has 18 heavy (non-hydrogen) atoms. The number of rotatable bonds is 5.